The maximum atomic E-state index is 12.1. The molecule has 0 amide bonds. The lowest BCUT2D eigenvalue weighted by molar-refractivity contribution is 0.146. The Morgan fingerprint density at radius 3 is 2.68 bits per heavy atom. The number of fused-ring (bicyclic) bond motifs is 1. The Labute approximate surface area is 132 Å². The Morgan fingerprint density at radius 2 is 1.95 bits per heavy atom. The molecule has 118 valence electrons. The zero-order valence-electron chi connectivity index (χ0n) is 12.2. The Kier molecular flexibility index (Phi) is 5.94. The van der Waals surface area contributed by atoms with Crippen LogP contribution in [0, 0.1) is 7.11 Å². The number of aromatic nitrogens is 1. The predicted molar refractivity (Wildman–Crippen MR) is 83.8 cm³/mol. The van der Waals surface area contributed by atoms with E-state index >= 15 is 0 Å². The van der Waals surface area contributed by atoms with E-state index in [1.807, 2.05) is 0 Å². The molecule has 0 aliphatic rings. The van der Waals surface area contributed by atoms with Gasteiger partial charge in [0.25, 0.3) is 0 Å². The van der Waals surface area contributed by atoms with Crippen LogP contribution in [0.4, 0.5) is 0 Å². The van der Waals surface area contributed by atoms with Gasteiger partial charge in [-0.15, -0.1) is 0 Å². The first-order valence-corrected chi connectivity index (χ1v) is 7.02. The quantitative estimate of drug-likeness (QED) is 0.596. The van der Waals surface area contributed by atoms with Crippen LogP contribution in [0.2, 0.25) is 5.02 Å². The fourth-order valence-corrected chi connectivity index (χ4v) is 2.14. The van der Waals surface area contributed by atoms with Crippen LogP contribution >= 0.6 is 11.6 Å². The van der Waals surface area contributed by atoms with Gasteiger partial charge < -0.3 is 19.2 Å². The summed E-state index contributed by atoms with van der Waals surface area (Å²) in [7, 11) is 4.83. The van der Waals surface area contributed by atoms with Crippen molar-refractivity contribution in [2.75, 3.05) is 33.5 Å². The van der Waals surface area contributed by atoms with Crippen molar-refractivity contribution in [3.8, 4) is 11.6 Å². The number of benzene rings is 1. The molecule has 0 saturated carbocycles. The summed E-state index contributed by atoms with van der Waals surface area (Å²) in [6, 6.07) is 4.69. The highest BCUT2D eigenvalue weighted by molar-refractivity contribution is 6.36. The molecule has 1 aromatic carbocycles. The Balaban J connectivity index is 2.32. The van der Waals surface area contributed by atoms with Crippen molar-refractivity contribution >= 4 is 22.5 Å². The second kappa shape index (κ2) is 7.93. The fraction of sp³-hybridized carbons (Fsp3) is 0.333. The Morgan fingerprint density at radius 1 is 1.18 bits per heavy atom. The highest BCUT2D eigenvalue weighted by atomic mass is 35.5. The number of ether oxygens (including phenoxy) is 4. The minimum atomic E-state index is -0.190. The maximum Gasteiger partial charge on any atom is 0.213 e. The molecule has 2 rings (SSSR count). The molecule has 22 heavy (non-hydrogen) atoms. The molecule has 2 aromatic rings. The number of methoxy groups -OCH3 is 1. The summed E-state index contributed by atoms with van der Waals surface area (Å²) in [6.45, 7) is 1.39. The van der Waals surface area contributed by atoms with E-state index in [0.29, 0.717) is 47.4 Å². The number of hydrogen-bond acceptors (Lipinski definition) is 5. The lowest BCUT2D eigenvalue weighted by atomic mass is 10.2. The van der Waals surface area contributed by atoms with E-state index in [9.17, 15) is 4.79 Å². The molecule has 0 spiro atoms. The molecule has 7 heteroatoms. The number of aromatic amines is 1. The van der Waals surface area contributed by atoms with Gasteiger partial charge in [-0.1, -0.05) is 11.6 Å². The molecular formula is C15H17ClNO5+. The van der Waals surface area contributed by atoms with Crippen molar-refractivity contribution in [3.63, 3.8) is 0 Å². The third-order valence-corrected chi connectivity index (χ3v) is 3.29. The van der Waals surface area contributed by atoms with Crippen LogP contribution in [0.5, 0.6) is 11.6 Å². The number of pyridine rings is 1. The van der Waals surface area contributed by atoms with E-state index in [-0.39, 0.29) is 12.0 Å². The van der Waals surface area contributed by atoms with E-state index in [0.717, 1.165) is 0 Å². The van der Waals surface area contributed by atoms with Crippen molar-refractivity contribution in [1.29, 1.82) is 0 Å². The average Bonchev–Trinajstić information content (AvgIpc) is 2.50. The van der Waals surface area contributed by atoms with Gasteiger partial charge in [0.2, 0.25) is 7.11 Å². The third-order valence-electron chi connectivity index (χ3n) is 2.91. The van der Waals surface area contributed by atoms with Gasteiger partial charge in [0.1, 0.15) is 30.6 Å². The first kappa shape index (κ1) is 16.5. The van der Waals surface area contributed by atoms with Crippen molar-refractivity contribution < 1.29 is 18.9 Å². The van der Waals surface area contributed by atoms with Gasteiger partial charge in [-0.2, -0.15) is 4.74 Å². The summed E-state index contributed by atoms with van der Waals surface area (Å²) >= 11 is 6.30. The summed E-state index contributed by atoms with van der Waals surface area (Å²) in [5.41, 5.74) is 0.277. The Bertz CT molecular complexity index is 685. The van der Waals surface area contributed by atoms with Crippen LogP contribution in [0.1, 0.15) is 0 Å². The van der Waals surface area contributed by atoms with Crippen LogP contribution in [0.15, 0.2) is 23.0 Å². The molecule has 0 atom stereocenters. The molecular weight excluding hydrogens is 310 g/mol. The molecule has 1 N–H and O–H groups in total. The van der Waals surface area contributed by atoms with Crippen molar-refractivity contribution in [2.45, 2.75) is 0 Å². The molecule has 0 saturated heterocycles. The van der Waals surface area contributed by atoms with E-state index < -0.39 is 0 Å². The summed E-state index contributed by atoms with van der Waals surface area (Å²) in [4.78, 5) is 15.1. The van der Waals surface area contributed by atoms with Gasteiger partial charge in [0, 0.05) is 18.6 Å². The average molecular weight is 327 g/mol. The maximum absolute atomic E-state index is 12.1. The van der Waals surface area contributed by atoms with Gasteiger partial charge >= 0.3 is 0 Å². The van der Waals surface area contributed by atoms with Gasteiger partial charge in [-0.25, -0.2) is 0 Å². The SMILES string of the molecule is [CH2+]OCCOc1cc(=O)c2ccc(OCCOC)c(Cl)c2[nH]1. The van der Waals surface area contributed by atoms with E-state index in [1.54, 1.807) is 19.2 Å². The van der Waals surface area contributed by atoms with Crippen LogP contribution in [-0.4, -0.2) is 38.5 Å². The molecule has 0 aliphatic heterocycles. The smallest absolute Gasteiger partial charge is 0.213 e. The first-order chi connectivity index (χ1) is 10.7. The number of rotatable bonds is 8. The van der Waals surface area contributed by atoms with E-state index in [4.69, 9.17) is 25.8 Å². The molecule has 6 nitrogen and oxygen atoms in total. The normalized spacial score (nSPS) is 10.8. The first-order valence-electron chi connectivity index (χ1n) is 6.64. The zero-order valence-corrected chi connectivity index (χ0v) is 12.9. The van der Waals surface area contributed by atoms with E-state index in [1.165, 1.54) is 6.07 Å². The molecule has 1 aromatic heterocycles. The number of halogens is 1. The molecule has 0 bridgehead atoms. The summed E-state index contributed by atoms with van der Waals surface area (Å²) < 4.78 is 20.5. The minimum absolute atomic E-state index is 0.190. The third kappa shape index (κ3) is 3.85. The predicted octanol–water partition coefficient (Wildman–Crippen LogP) is 2.39. The Hall–Kier alpha value is -1.89. The lowest BCUT2D eigenvalue weighted by Crippen LogP contribution is -2.10. The number of nitrogens with one attached hydrogen (secondary N) is 1. The minimum Gasteiger partial charge on any atom is -0.490 e. The summed E-state index contributed by atoms with van der Waals surface area (Å²) in [5, 5.41) is 0.786. The highest BCUT2D eigenvalue weighted by Crippen LogP contribution is 2.31. The van der Waals surface area contributed by atoms with Crippen LogP contribution in [0.25, 0.3) is 10.9 Å². The van der Waals surface area contributed by atoms with Crippen LogP contribution in [0.3, 0.4) is 0 Å². The van der Waals surface area contributed by atoms with Crippen LogP contribution < -0.4 is 14.9 Å². The second-order valence-electron chi connectivity index (χ2n) is 4.40. The number of H-pyrrole nitrogens is 1. The highest BCUT2D eigenvalue weighted by Gasteiger charge is 2.11. The van der Waals surface area contributed by atoms with E-state index in [2.05, 4.69) is 16.8 Å². The molecule has 0 unspecified atom stereocenters. The topological polar surface area (TPSA) is 69.8 Å². The standard InChI is InChI=1S/C15H16ClNO5/c1-19-5-7-21-12-4-3-10-11(18)9-13(22-8-6-20-2)17-15(10)14(12)16/h3-4,9H,2,5-8H2,1H3/p+1. The second-order valence-corrected chi connectivity index (χ2v) is 4.77. The van der Waals surface area contributed by atoms with Gasteiger partial charge in [-0.3, -0.25) is 4.79 Å². The monoisotopic (exact) mass is 326 g/mol. The lowest BCUT2D eigenvalue weighted by Gasteiger charge is -2.11. The molecule has 0 aliphatic carbocycles. The van der Waals surface area contributed by atoms with Crippen molar-refractivity contribution in [3.05, 3.63) is 40.6 Å². The largest absolute Gasteiger partial charge is 0.490 e. The van der Waals surface area contributed by atoms with Crippen molar-refractivity contribution in [1.82, 2.24) is 4.98 Å². The van der Waals surface area contributed by atoms with Gasteiger partial charge in [0.15, 0.2) is 11.3 Å². The zero-order chi connectivity index (χ0) is 15.9. The van der Waals surface area contributed by atoms with Crippen molar-refractivity contribution in [2.24, 2.45) is 0 Å². The fourth-order valence-electron chi connectivity index (χ4n) is 1.88. The molecule has 1 heterocycles. The van der Waals surface area contributed by atoms with Crippen LogP contribution in [-0.2, 0) is 9.47 Å². The molecule has 0 fully saturated rings. The van der Waals surface area contributed by atoms with Gasteiger partial charge in [-0.05, 0) is 12.1 Å². The van der Waals surface area contributed by atoms with Gasteiger partial charge in [0.05, 0.1) is 12.1 Å². The number of hydrogen-bond donors (Lipinski definition) is 1. The summed E-state index contributed by atoms with van der Waals surface area (Å²) in [6.07, 6.45) is 0. The molecule has 0 radical (unpaired) electrons. The summed E-state index contributed by atoms with van der Waals surface area (Å²) in [5.74, 6) is 0.783.